The predicted molar refractivity (Wildman–Crippen MR) is 89.5 cm³/mol. The molecule has 0 aliphatic rings. The van der Waals surface area contributed by atoms with Crippen LogP contribution in [0.25, 0.3) is 22.0 Å². The molecule has 3 aromatic heterocycles. The van der Waals surface area contributed by atoms with Crippen LogP contribution < -0.4 is 5.32 Å². The minimum absolute atomic E-state index is 0.297. The number of aromatic nitrogens is 2. The van der Waals surface area contributed by atoms with Crippen molar-refractivity contribution in [1.29, 1.82) is 0 Å². The average molecular weight is 321 g/mol. The molecule has 1 aromatic carbocycles. The Morgan fingerprint density at radius 2 is 2.09 bits per heavy atom. The lowest BCUT2D eigenvalue weighted by molar-refractivity contribution is 0.102. The van der Waals surface area contributed by atoms with Crippen molar-refractivity contribution in [3.05, 3.63) is 65.1 Å². The van der Waals surface area contributed by atoms with Gasteiger partial charge in [-0.25, -0.2) is 0 Å². The number of nitrogens with one attached hydrogen (secondary N) is 1. The topological polar surface area (TPSA) is 68.0 Å². The highest BCUT2D eigenvalue weighted by Gasteiger charge is 2.15. The van der Waals surface area contributed by atoms with Gasteiger partial charge in [-0.05, 0) is 22.9 Å². The summed E-state index contributed by atoms with van der Waals surface area (Å²) in [4.78, 5) is 16.7. The molecule has 4 rings (SSSR count). The highest BCUT2D eigenvalue weighted by Crippen LogP contribution is 2.24. The fraction of sp³-hybridized carbons (Fsp3) is 0. The number of thiophene rings is 1. The first-order chi connectivity index (χ1) is 11.3. The van der Waals surface area contributed by atoms with Crippen LogP contribution >= 0.6 is 11.3 Å². The van der Waals surface area contributed by atoms with Gasteiger partial charge in [-0.15, -0.1) is 0 Å². The van der Waals surface area contributed by atoms with E-state index in [9.17, 15) is 4.79 Å². The van der Waals surface area contributed by atoms with E-state index in [0.717, 1.165) is 16.3 Å². The van der Waals surface area contributed by atoms with Crippen molar-refractivity contribution in [3.8, 4) is 11.3 Å². The fourth-order valence-electron chi connectivity index (χ4n) is 2.35. The third kappa shape index (κ3) is 2.60. The van der Waals surface area contributed by atoms with E-state index in [2.05, 4.69) is 15.5 Å². The number of anilines is 1. The lowest BCUT2D eigenvalue weighted by Crippen LogP contribution is -2.13. The Labute approximate surface area is 135 Å². The van der Waals surface area contributed by atoms with Crippen molar-refractivity contribution in [1.82, 2.24) is 10.1 Å². The van der Waals surface area contributed by atoms with Crippen molar-refractivity contribution in [3.63, 3.8) is 0 Å². The lowest BCUT2D eigenvalue weighted by atomic mass is 10.1. The van der Waals surface area contributed by atoms with Gasteiger partial charge in [0.2, 0.25) is 5.88 Å². The van der Waals surface area contributed by atoms with Crippen LogP contribution in [0.2, 0.25) is 0 Å². The first kappa shape index (κ1) is 13.7. The van der Waals surface area contributed by atoms with E-state index >= 15 is 0 Å². The summed E-state index contributed by atoms with van der Waals surface area (Å²) in [6.07, 6.45) is 1.62. The average Bonchev–Trinajstić information content (AvgIpc) is 3.25. The Bertz CT molecular complexity index is 971. The van der Waals surface area contributed by atoms with Crippen molar-refractivity contribution >= 4 is 33.9 Å². The van der Waals surface area contributed by atoms with Crippen LogP contribution in [-0.2, 0) is 0 Å². The van der Waals surface area contributed by atoms with E-state index in [0.29, 0.717) is 17.3 Å². The second-order valence-electron chi connectivity index (χ2n) is 4.92. The smallest absolute Gasteiger partial charge is 0.277 e. The molecule has 0 aliphatic carbocycles. The van der Waals surface area contributed by atoms with Crippen LogP contribution in [0.3, 0.4) is 0 Å². The van der Waals surface area contributed by atoms with Crippen molar-refractivity contribution in [2.45, 2.75) is 0 Å². The molecular weight excluding hydrogens is 310 g/mol. The molecule has 0 unspecified atom stereocenters. The molecule has 23 heavy (non-hydrogen) atoms. The first-order valence-electron chi connectivity index (χ1n) is 6.96. The van der Waals surface area contributed by atoms with Crippen LogP contribution in [0.15, 0.2) is 63.9 Å². The van der Waals surface area contributed by atoms with E-state index in [-0.39, 0.29) is 5.91 Å². The minimum Gasteiger partial charge on any atom is -0.338 e. The summed E-state index contributed by atoms with van der Waals surface area (Å²) in [7, 11) is 0. The molecule has 0 spiro atoms. The molecule has 0 radical (unpaired) electrons. The van der Waals surface area contributed by atoms with Crippen molar-refractivity contribution < 1.29 is 9.32 Å². The first-order valence-corrected chi connectivity index (χ1v) is 7.90. The summed E-state index contributed by atoms with van der Waals surface area (Å²) in [6, 6.07) is 13.1. The van der Waals surface area contributed by atoms with E-state index in [4.69, 9.17) is 4.52 Å². The Hall–Kier alpha value is -2.99. The normalized spacial score (nSPS) is 10.8. The number of pyridine rings is 1. The van der Waals surface area contributed by atoms with Gasteiger partial charge in [-0.3, -0.25) is 15.1 Å². The zero-order valence-corrected chi connectivity index (χ0v) is 12.7. The molecule has 4 aromatic rings. The van der Waals surface area contributed by atoms with Crippen LogP contribution in [0.1, 0.15) is 10.5 Å². The molecule has 0 saturated heterocycles. The maximum absolute atomic E-state index is 12.5. The van der Waals surface area contributed by atoms with Gasteiger partial charge < -0.3 is 4.52 Å². The number of rotatable bonds is 3. The van der Waals surface area contributed by atoms with Gasteiger partial charge >= 0.3 is 0 Å². The van der Waals surface area contributed by atoms with Gasteiger partial charge in [0, 0.05) is 28.6 Å². The third-order valence-electron chi connectivity index (χ3n) is 3.45. The number of carbonyl (C=O) groups excluding carboxylic acids is 1. The van der Waals surface area contributed by atoms with Gasteiger partial charge in [0.25, 0.3) is 5.91 Å². The summed E-state index contributed by atoms with van der Waals surface area (Å²) in [6.45, 7) is 0. The molecule has 0 saturated carbocycles. The Morgan fingerprint density at radius 3 is 2.96 bits per heavy atom. The van der Waals surface area contributed by atoms with Crippen molar-refractivity contribution in [2.24, 2.45) is 0 Å². The molecule has 3 heterocycles. The van der Waals surface area contributed by atoms with E-state index in [1.165, 1.54) is 0 Å². The molecule has 6 heteroatoms. The Balaban J connectivity index is 1.62. The number of carbonyl (C=O) groups is 1. The number of nitrogens with zero attached hydrogens (tertiary/aromatic N) is 2. The molecule has 1 amide bonds. The van der Waals surface area contributed by atoms with Gasteiger partial charge in [0.15, 0.2) is 0 Å². The predicted octanol–water partition coefficient (Wildman–Crippen LogP) is 4.20. The van der Waals surface area contributed by atoms with E-state index in [1.807, 2.05) is 47.2 Å². The Kier molecular flexibility index (Phi) is 3.36. The van der Waals surface area contributed by atoms with Crippen LogP contribution in [0.4, 0.5) is 5.88 Å². The molecule has 0 bridgehead atoms. The van der Waals surface area contributed by atoms with Crippen LogP contribution in [0, 0.1) is 0 Å². The fourth-order valence-corrected chi connectivity index (χ4v) is 3.00. The summed E-state index contributed by atoms with van der Waals surface area (Å²) in [5.41, 5.74) is 2.01. The largest absolute Gasteiger partial charge is 0.338 e. The molecule has 5 nitrogen and oxygen atoms in total. The monoisotopic (exact) mass is 321 g/mol. The zero-order chi connectivity index (χ0) is 15.6. The number of hydrogen-bond donors (Lipinski definition) is 1. The highest BCUT2D eigenvalue weighted by atomic mass is 32.1. The van der Waals surface area contributed by atoms with Crippen molar-refractivity contribution in [2.75, 3.05) is 5.32 Å². The lowest BCUT2D eigenvalue weighted by Gasteiger charge is -2.04. The zero-order valence-electron chi connectivity index (χ0n) is 11.9. The molecule has 1 N–H and O–H groups in total. The second kappa shape index (κ2) is 5.66. The number of amides is 1. The minimum atomic E-state index is -0.324. The standard InChI is InChI=1S/C17H11N3O2S/c21-17(16-13-4-2-1-3-11(13)5-7-18-16)19-15-9-14(20-22-15)12-6-8-23-10-12/h1-10H,(H,19,21). The van der Waals surface area contributed by atoms with E-state index < -0.39 is 0 Å². The molecule has 0 aliphatic heterocycles. The molecule has 0 atom stereocenters. The highest BCUT2D eigenvalue weighted by molar-refractivity contribution is 7.08. The number of fused-ring (bicyclic) bond motifs is 1. The van der Waals surface area contributed by atoms with Crippen LogP contribution in [0.5, 0.6) is 0 Å². The SMILES string of the molecule is O=C(Nc1cc(-c2ccsc2)no1)c1nccc2ccccc12. The summed E-state index contributed by atoms with van der Waals surface area (Å²) < 4.78 is 5.19. The maximum atomic E-state index is 12.5. The molecule has 0 fully saturated rings. The summed E-state index contributed by atoms with van der Waals surface area (Å²) in [5.74, 6) is -0.0271. The summed E-state index contributed by atoms with van der Waals surface area (Å²) in [5, 5.41) is 12.4. The quantitative estimate of drug-likeness (QED) is 0.614. The third-order valence-corrected chi connectivity index (χ3v) is 4.14. The maximum Gasteiger partial charge on any atom is 0.277 e. The molecule has 112 valence electrons. The second-order valence-corrected chi connectivity index (χ2v) is 5.70. The van der Waals surface area contributed by atoms with Gasteiger partial charge in [0.1, 0.15) is 11.4 Å². The number of hydrogen-bond acceptors (Lipinski definition) is 5. The van der Waals surface area contributed by atoms with Gasteiger partial charge in [-0.2, -0.15) is 11.3 Å². The summed E-state index contributed by atoms with van der Waals surface area (Å²) >= 11 is 1.58. The van der Waals surface area contributed by atoms with Gasteiger partial charge in [-0.1, -0.05) is 29.4 Å². The number of benzene rings is 1. The Morgan fingerprint density at radius 1 is 1.17 bits per heavy atom. The molecular formula is C17H11N3O2S. The van der Waals surface area contributed by atoms with E-state index in [1.54, 1.807) is 23.6 Å². The van der Waals surface area contributed by atoms with Gasteiger partial charge in [0.05, 0.1) is 0 Å². The van der Waals surface area contributed by atoms with Crippen LogP contribution in [-0.4, -0.2) is 16.0 Å².